The molecule has 5 heteroatoms. The van der Waals surface area contributed by atoms with Crippen molar-refractivity contribution in [2.75, 3.05) is 71.8 Å². The van der Waals surface area contributed by atoms with Crippen LogP contribution in [0.4, 0.5) is 5.69 Å². The van der Waals surface area contributed by atoms with Crippen molar-refractivity contribution in [1.29, 1.82) is 0 Å². The van der Waals surface area contributed by atoms with Gasteiger partial charge in [-0.05, 0) is 38.4 Å². The van der Waals surface area contributed by atoms with E-state index in [1.54, 1.807) is 0 Å². The predicted molar refractivity (Wildman–Crippen MR) is 91.4 cm³/mol. The van der Waals surface area contributed by atoms with Crippen LogP contribution in [0.25, 0.3) is 0 Å². The van der Waals surface area contributed by atoms with Gasteiger partial charge in [-0.15, -0.1) is 0 Å². The molecule has 1 saturated heterocycles. The molecular formula is C16H27ClN4. The number of benzene rings is 1. The highest BCUT2D eigenvalue weighted by Gasteiger charge is 2.15. The molecule has 0 unspecified atom stereocenters. The Balaban J connectivity index is 1.59. The van der Waals surface area contributed by atoms with Gasteiger partial charge in [-0.1, -0.05) is 11.6 Å². The molecule has 118 valence electrons. The molecule has 0 amide bonds. The Morgan fingerprint density at radius 1 is 1.00 bits per heavy atom. The number of hydrogen-bond donors (Lipinski definition) is 1. The lowest BCUT2D eigenvalue weighted by molar-refractivity contribution is 0.128. The molecule has 0 radical (unpaired) electrons. The molecular weight excluding hydrogens is 284 g/mol. The third-order valence-corrected chi connectivity index (χ3v) is 4.18. The zero-order valence-electron chi connectivity index (χ0n) is 13.2. The topological polar surface area (TPSA) is 21.8 Å². The van der Waals surface area contributed by atoms with E-state index in [0.717, 1.165) is 30.3 Å². The van der Waals surface area contributed by atoms with E-state index in [1.807, 2.05) is 24.3 Å². The van der Waals surface area contributed by atoms with Crippen LogP contribution in [-0.2, 0) is 0 Å². The quantitative estimate of drug-likeness (QED) is 0.830. The van der Waals surface area contributed by atoms with Gasteiger partial charge in [0, 0.05) is 63.1 Å². The molecule has 1 fully saturated rings. The number of piperazine rings is 1. The Labute approximate surface area is 133 Å². The maximum absolute atomic E-state index is 5.88. The summed E-state index contributed by atoms with van der Waals surface area (Å²) in [6.07, 6.45) is 0. The molecule has 1 aliphatic rings. The first kappa shape index (κ1) is 16.6. The molecule has 0 spiro atoms. The largest absolute Gasteiger partial charge is 0.384 e. The van der Waals surface area contributed by atoms with Gasteiger partial charge in [0.2, 0.25) is 0 Å². The van der Waals surface area contributed by atoms with Crippen LogP contribution in [0.3, 0.4) is 0 Å². The first-order valence-electron chi connectivity index (χ1n) is 7.72. The maximum atomic E-state index is 5.88. The molecule has 0 aliphatic carbocycles. The Morgan fingerprint density at radius 2 is 1.57 bits per heavy atom. The number of nitrogens with one attached hydrogen (secondary N) is 1. The number of anilines is 1. The van der Waals surface area contributed by atoms with E-state index in [-0.39, 0.29) is 0 Å². The molecule has 1 aromatic carbocycles. The van der Waals surface area contributed by atoms with Gasteiger partial charge in [0.25, 0.3) is 0 Å². The zero-order valence-corrected chi connectivity index (χ0v) is 13.9. The highest BCUT2D eigenvalue weighted by atomic mass is 35.5. The summed E-state index contributed by atoms with van der Waals surface area (Å²) in [6.45, 7) is 9.15. The second-order valence-electron chi connectivity index (χ2n) is 5.92. The summed E-state index contributed by atoms with van der Waals surface area (Å²) in [5.41, 5.74) is 1.14. The number of rotatable bonds is 7. The summed E-state index contributed by atoms with van der Waals surface area (Å²) in [7, 11) is 4.28. The summed E-state index contributed by atoms with van der Waals surface area (Å²) in [6, 6.07) is 7.91. The van der Waals surface area contributed by atoms with Gasteiger partial charge in [-0.2, -0.15) is 0 Å². The molecule has 0 aromatic heterocycles. The molecule has 0 bridgehead atoms. The molecule has 21 heavy (non-hydrogen) atoms. The van der Waals surface area contributed by atoms with Gasteiger partial charge >= 0.3 is 0 Å². The van der Waals surface area contributed by atoms with Crippen LogP contribution in [0, 0.1) is 0 Å². The maximum Gasteiger partial charge on any atom is 0.0407 e. The van der Waals surface area contributed by atoms with Crippen LogP contribution in [0.2, 0.25) is 5.02 Å². The van der Waals surface area contributed by atoms with E-state index in [2.05, 4.69) is 34.1 Å². The second kappa shape index (κ2) is 8.59. The number of likely N-dealkylation sites (N-methyl/N-ethyl adjacent to an activating group) is 1. The SMILES string of the molecule is CN(C)CCN1CCN(CCNc2ccc(Cl)cc2)CC1. The molecule has 1 N–H and O–H groups in total. The minimum atomic E-state index is 0.786. The summed E-state index contributed by atoms with van der Waals surface area (Å²) in [4.78, 5) is 7.35. The minimum absolute atomic E-state index is 0.786. The Bertz CT molecular complexity index is 399. The van der Waals surface area contributed by atoms with Crippen molar-refractivity contribution in [3.63, 3.8) is 0 Å². The molecule has 1 aliphatic heterocycles. The normalized spacial score (nSPS) is 17.3. The van der Waals surface area contributed by atoms with E-state index in [4.69, 9.17) is 11.6 Å². The van der Waals surface area contributed by atoms with Crippen LogP contribution in [0.15, 0.2) is 24.3 Å². The average molecular weight is 311 g/mol. The van der Waals surface area contributed by atoms with Crippen LogP contribution in [0.5, 0.6) is 0 Å². The van der Waals surface area contributed by atoms with E-state index in [9.17, 15) is 0 Å². The third-order valence-electron chi connectivity index (χ3n) is 3.93. The highest BCUT2D eigenvalue weighted by Crippen LogP contribution is 2.13. The highest BCUT2D eigenvalue weighted by molar-refractivity contribution is 6.30. The molecule has 1 aromatic rings. The monoisotopic (exact) mass is 310 g/mol. The minimum Gasteiger partial charge on any atom is -0.384 e. The zero-order chi connectivity index (χ0) is 15.1. The number of nitrogens with zero attached hydrogens (tertiary/aromatic N) is 3. The average Bonchev–Trinajstić information content (AvgIpc) is 2.48. The Kier molecular flexibility index (Phi) is 6.77. The van der Waals surface area contributed by atoms with Crippen molar-refractivity contribution < 1.29 is 0 Å². The standard InChI is InChI=1S/C16H27ClN4/c1-19(2)9-10-21-13-11-20(12-14-21)8-7-18-16-5-3-15(17)4-6-16/h3-6,18H,7-14H2,1-2H3. The molecule has 0 atom stereocenters. The summed E-state index contributed by atoms with van der Waals surface area (Å²) < 4.78 is 0. The van der Waals surface area contributed by atoms with E-state index in [1.165, 1.54) is 32.7 Å². The molecule has 0 saturated carbocycles. The molecule has 2 rings (SSSR count). The fourth-order valence-electron chi connectivity index (χ4n) is 2.50. The third kappa shape index (κ3) is 6.22. The molecule has 1 heterocycles. The van der Waals surface area contributed by atoms with Gasteiger partial charge in [-0.25, -0.2) is 0 Å². The van der Waals surface area contributed by atoms with Gasteiger partial charge in [0.05, 0.1) is 0 Å². The van der Waals surface area contributed by atoms with E-state index < -0.39 is 0 Å². The number of halogens is 1. The predicted octanol–water partition coefficient (Wildman–Crippen LogP) is 1.93. The summed E-state index contributed by atoms with van der Waals surface area (Å²) >= 11 is 5.88. The Hall–Kier alpha value is -0.810. The van der Waals surface area contributed by atoms with Crippen molar-refractivity contribution in [1.82, 2.24) is 14.7 Å². The van der Waals surface area contributed by atoms with Crippen LogP contribution >= 0.6 is 11.6 Å². The van der Waals surface area contributed by atoms with Crippen LogP contribution in [-0.4, -0.2) is 81.2 Å². The Morgan fingerprint density at radius 3 is 2.14 bits per heavy atom. The van der Waals surface area contributed by atoms with Gasteiger partial charge < -0.3 is 10.2 Å². The van der Waals surface area contributed by atoms with Crippen molar-refractivity contribution in [3.8, 4) is 0 Å². The summed E-state index contributed by atoms with van der Waals surface area (Å²) in [5.74, 6) is 0. The van der Waals surface area contributed by atoms with Gasteiger partial charge in [0.15, 0.2) is 0 Å². The lowest BCUT2D eigenvalue weighted by atomic mass is 10.3. The summed E-state index contributed by atoms with van der Waals surface area (Å²) in [5, 5.41) is 4.24. The van der Waals surface area contributed by atoms with Crippen LogP contribution in [0.1, 0.15) is 0 Å². The van der Waals surface area contributed by atoms with Crippen molar-refractivity contribution in [3.05, 3.63) is 29.3 Å². The first-order valence-corrected chi connectivity index (χ1v) is 8.10. The fraction of sp³-hybridized carbons (Fsp3) is 0.625. The number of hydrogen-bond acceptors (Lipinski definition) is 4. The molecule has 4 nitrogen and oxygen atoms in total. The first-order chi connectivity index (χ1) is 10.1. The second-order valence-corrected chi connectivity index (χ2v) is 6.36. The van der Waals surface area contributed by atoms with Crippen LogP contribution < -0.4 is 5.32 Å². The van der Waals surface area contributed by atoms with E-state index in [0.29, 0.717) is 0 Å². The van der Waals surface area contributed by atoms with Crippen molar-refractivity contribution in [2.45, 2.75) is 0 Å². The van der Waals surface area contributed by atoms with Gasteiger partial charge in [0.1, 0.15) is 0 Å². The van der Waals surface area contributed by atoms with Gasteiger partial charge in [-0.3, -0.25) is 9.80 Å². The van der Waals surface area contributed by atoms with Crippen molar-refractivity contribution in [2.24, 2.45) is 0 Å². The van der Waals surface area contributed by atoms with E-state index >= 15 is 0 Å². The lowest BCUT2D eigenvalue weighted by Crippen LogP contribution is -2.48. The fourth-order valence-corrected chi connectivity index (χ4v) is 2.63. The van der Waals surface area contributed by atoms with Crippen molar-refractivity contribution >= 4 is 17.3 Å². The smallest absolute Gasteiger partial charge is 0.0407 e. The lowest BCUT2D eigenvalue weighted by Gasteiger charge is -2.35.